The van der Waals surface area contributed by atoms with E-state index in [1.165, 1.54) is 6.08 Å². The molecule has 130 valence electrons. The molecule has 2 aromatic carbocycles. The highest BCUT2D eigenvalue weighted by Crippen LogP contribution is 2.15. The number of carbonyl (C=O) groups is 2. The Kier molecular flexibility index (Phi) is 7.25. The van der Waals surface area contributed by atoms with Gasteiger partial charge in [0.1, 0.15) is 12.4 Å². The van der Waals surface area contributed by atoms with Crippen LogP contribution < -0.4 is 10.1 Å². The molecule has 0 aliphatic heterocycles. The molecule has 0 fully saturated rings. The van der Waals surface area contributed by atoms with Crippen molar-refractivity contribution in [3.05, 3.63) is 71.8 Å². The van der Waals surface area contributed by atoms with E-state index in [1.54, 1.807) is 6.08 Å². The second-order valence-corrected chi connectivity index (χ2v) is 5.46. The number of amides is 1. The number of hydrogen-bond donors (Lipinski definition) is 2. The Labute approximate surface area is 146 Å². The second kappa shape index (κ2) is 9.93. The maximum atomic E-state index is 11.6. The zero-order chi connectivity index (χ0) is 17.9. The maximum absolute atomic E-state index is 11.6. The van der Waals surface area contributed by atoms with Crippen molar-refractivity contribution in [2.24, 2.45) is 0 Å². The number of benzene rings is 2. The molecule has 0 spiro atoms. The lowest BCUT2D eigenvalue weighted by Crippen LogP contribution is -2.22. The van der Waals surface area contributed by atoms with Gasteiger partial charge in [0.15, 0.2) is 0 Å². The molecule has 0 aliphatic carbocycles. The summed E-state index contributed by atoms with van der Waals surface area (Å²) in [5, 5.41) is 11.2. The first kappa shape index (κ1) is 18.3. The number of hydrogen-bond acceptors (Lipinski definition) is 3. The van der Waals surface area contributed by atoms with Crippen molar-refractivity contribution >= 4 is 18.0 Å². The van der Waals surface area contributed by atoms with Gasteiger partial charge in [0, 0.05) is 19.0 Å². The summed E-state index contributed by atoms with van der Waals surface area (Å²) in [6.45, 7) is 0.858. The first-order valence-corrected chi connectivity index (χ1v) is 8.08. The Morgan fingerprint density at radius 2 is 1.76 bits per heavy atom. The van der Waals surface area contributed by atoms with E-state index in [9.17, 15) is 9.59 Å². The van der Waals surface area contributed by atoms with Crippen molar-refractivity contribution < 1.29 is 19.4 Å². The molecule has 0 saturated carbocycles. The van der Waals surface area contributed by atoms with E-state index in [-0.39, 0.29) is 12.3 Å². The van der Waals surface area contributed by atoms with Gasteiger partial charge in [-0.15, -0.1) is 0 Å². The van der Waals surface area contributed by atoms with Crippen LogP contribution in [0.4, 0.5) is 0 Å². The molecule has 0 saturated heterocycles. The van der Waals surface area contributed by atoms with Gasteiger partial charge in [-0.3, -0.25) is 9.59 Å². The molecule has 0 radical (unpaired) electrons. The normalized spacial score (nSPS) is 10.6. The van der Waals surface area contributed by atoms with Gasteiger partial charge >= 0.3 is 5.97 Å². The van der Waals surface area contributed by atoms with Crippen LogP contribution in [0.3, 0.4) is 0 Å². The van der Waals surface area contributed by atoms with Crippen LogP contribution in [-0.4, -0.2) is 23.5 Å². The molecule has 5 heteroatoms. The molecule has 0 aliphatic rings. The van der Waals surface area contributed by atoms with E-state index in [4.69, 9.17) is 9.84 Å². The van der Waals surface area contributed by atoms with Crippen LogP contribution in [0.15, 0.2) is 60.7 Å². The summed E-state index contributed by atoms with van der Waals surface area (Å²) < 4.78 is 5.71. The molecule has 5 nitrogen and oxygen atoms in total. The fraction of sp³-hybridized carbons (Fsp3) is 0.200. The average Bonchev–Trinajstić information content (AvgIpc) is 2.63. The quantitative estimate of drug-likeness (QED) is 0.543. The summed E-state index contributed by atoms with van der Waals surface area (Å²) >= 11 is 0. The summed E-state index contributed by atoms with van der Waals surface area (Å²) in [5.41, 5.74) is 1.98. The minimum atomic E-state index is -0.862. The summed E-state index contributed by atoms with van der Waals surface area (Å²) in [4.78, 5) is 22.0. The van der Waals surface area contributed by atoms with Gasteiger partial charge in [-0.2, -0.15) is 0 Å². The van der Waals surface area contributed by atoms with Crippen molar-refractivity contribution in [2.45, 2.75) is 19.4 Å². The number of carboxylic acid groups (broad SMARTS) is 1. The first-order chi connectivity index (χ1) is 12.1. The number of rotatable bonds is 9. The van der Waals surface area contributed by atoms with Gasteiger partial charge in [0.25, 0.3) is 0 Å². The molecule has 25 heavy (non-hydrogen) atoms. The lowest BCUT2D eigenvalue weighted by molar-refractivity contribution is -0.137. The summed E-state index contributed by atoms with van der Waals surface area (Å²) in [7, 11) is 0. The van der Waals surface area contributed by atoms with Crippen LogP contribution in [0.5, 0.6) is 5.75 Å². The highest BCUT2D eigenvalue weighted by atomic mass is 16.5. The van der Waals surface area contributed by atoms with E-state index in [2.05, 4.69) is 5.32 Å². The van der Waals surface area contributed by atoms with Crippen molar-refractivity contribution in [3.63, 3.8) is 0 Å². The zero-order valence-electron chi connectivity index (χ0n) is 13.9. The standard InChI is InChI=1S/C20H21NO4/c22-19(21-14-4-7-20(23)24)13-10-16-8-11-18(12-9-16)25-15-17-5-2-1-3-6-17/h1-3,5-6,8-13H,4,7,14-15H2,(H,21,22)(H,23,24)/b13-10+. The van der Waals surface area contributed by atoms with Gasteiger partial charge in [-0.05, 0) is 35.8 Å². The van der Waals surface area contributed by atoms with E-state index >= 15 is 0 Å². The Morgan fingerprint density at radius 1 is 1.04 bits per heavy atom. The number of carboxylic acids is 1. The number of carbonyl (C=O) groups excluding carboxylic acids is 1. The molecule has 2 N–H and O–H groups in total. The minimum absolute atomic E-state index is 0.0500. The molecule has 0 atom stereocenters. The van der Waals surface area contributed by atoms with Crippen molar-refractivity contribution in [1.82, 2.24) is 5.32 Å². The Balaban J connectivity index is 1.75. The second-order valence-electron chi connectivity index (χ2n) is 5.46. The number of ether oxygens (including phenoxy) is 1. The maximum Gasteiger partial charge on any atom is 0.303 e. The Hall–Kier alpha value is -3.08. The molecule has 0 heterocycles. The van der Waals surface area contributed by atoms with Crippen LogP contribution in [0, 0.1) is 0 Å². The molecule has 0 aromatic heterocycles. The number of aliphatic carboxylic acids is 1. The van der Waals surface area contributed by atoms with Crippen molar-refractivity contribution in [3.8, 4) is 5.75 Å². The SMILES string of the molecule is O=C(O)CCCNC(=O)/C=C/c1ccc(OCc2ccccc2)cc1. The third-order valence-corrected chi connectivity index (χ3v) is 3.42. The molecule has 0 unspecified atom stereocenters. The zero-order valence-corrected chi connectivity index (χ0v) is 13.9. The van der Waals surface area contributed by atoms with Gasteiger partial charge in [-0.25, -0.2) is 0 Å². The van der Waals surface area contributed by atoms with Crippen LogP contribution in [-0.2, 0) is 16.2 Å². The summed E-state index contributed by atoms with van der Waals surface area (Å²) in [6.07, 6.45) is 3.60. The van der Waals surface area contributed by atoms with E-state index in [1.807, 2.05) is 54.6 Å². The molecule has 1 amide bonds. The topological polar surface area (TPSA) is 75.6 Å². The lowest BCUT2D eigenvalue weighted by atomic mass is 10.2. The Bertz CT molecular complexity index is 708. The fourth-order valence-corrected chi connectivity index (χ4v) is 2.10. The van der Waals surface area contributed by atoms with Crippen LogP contribution in [0.1, 0.15) is 24.0 Å². The average molecular weight is 339 g/mol. The van der Waals surface area contributed by atoms with Crippen LogP contribution >= 0.6 is 0 Å². The van der Waals surface area contributed by atoms with Crippen LogP contribution in [0.25, 0.3) is 6.08 Å². The van der Waals surface area contributed by atoms with E-state index in [0.717, 1.165) is 16.9 Å². The predicted molar refractivity (Wildman–Crippen MR) is 96.1 cm³/mol. The van der Waals surface area contributed by atoms with Gasteiger partial charge in [0.05, 0.1) is 0 Å². The fourth-order valence-electron chi connectivity index (χ4n) is 2.10. The monoisotopic (exact) mass is 339 g/mol. The summed E-state index contributed by atoms with van der Waals surface area (Å²) in [5.74, 6) is -0.340. The highest BCUT2D eigenvalue weighted by molar-refractivity contribution is 5.91. The van der Waals surface area contributed by atoms with Gasteiger partial charge in [-0.1, -0.05) is 42.5 Å². The third-order valence-electron chi connectivity index (χ3n) is 3.42. The molecular formula is C20H21NO4. The van der Waals surface area contributed by atoms with Gasteiger partial charge in [0.2, 0.25) is 5.91 Å². The van der Waals surface area contributed by atoms with E-state index in [0.29, 0.717) is 19.6 Å². The lowest BCUT2D eigenvalue weighted by Gasteiger charge is -2.06. The largest absolute Gasteiger partial charge is 0.489 e. The predicted octanol–water partition coefficient (Wildman–Crippen LogP) is 3.26. The van der Waals surface area contributed by atoms with Gasteiger partial charge < -0.3 is 15.2 Å². The minimum Gasteiger partial charge on any atom is -0.489 e. The third kappa shape index (κ3) is 7.35. The molecule has 0 bridgehead atoms. The van der Waals surface area contributed by atoms with Crippen molar-refractivity contribution in [1.29, 1.82) is 0 Å². The van der Waals surface area contributed by atoms with Crippen LogP contribution in [0.2, 0.25) is 0 Å². The highest BCUT2D eigenvalue weighted by Gasteiger charge is 1.99. The molecular weight excluding hydrogens is 318 g/mol. The first-order valence-electron chi connectivity index (χ1n) is 8.08. The Morgan fingerprint density at radius 3 is 2.44 bits per heavy atom. The molecule has 2 rings (SSSR count). The summed E-state index contributed by atoms with van der Waals surface area (Å²) in [6, 6.07) is 17.4. The van der Waals surface area contributed by atoms with Crippen molar-refractivity contribution in [2.75, 3.05) is 6.54 Å². The smallest absolute Gasteiger partial charge is 0.303 e. The molecule has 2 aromatic rings. The number of nitrogens with one attached hydrogen (secondary N) is 1. The van der Waals surface area contributed by atoms with E-state index < -0.39 is 5.97 Å².